The molecule has 0 unspecified atom stereocenters. The largest absolute Gasteiger partial charge is 0.341 e. The fraction of sp³-hybridized carbons (Fsp3) is 0.100. The summed E-state index contributed by atoms with van der Waals surface area (Å²) in [5, 5.41) is 9.90. The molecule has 1 aromatic heterocycles. The topological polar surface area (TPSA) is 40.7 Å². The predicted molar refractivity (Wildman–Crippen MR) is 53.0 cm³/mol. The highest BCUT2D eigenvalue weighted by atomic mass is 15.2. The zero-order valence-electron chi connectivity index (χ0n) is 7.41. The van der Waals surface area contributed by atoms with E-state index in [9.17, 15) is 0 Å². The van der Waals surface area contributed by atoms with Crippen LogP contribution in [0, 0.1) is 6.92 Å². The summed E-state index contributed by atoms with van der Waals surface area (Å²) in [5.74, 6) is 0.908. The van der Waals surface area contributed by atoms with Crippen LogP contribution in [0.2, 0.25) is 0 Å². The summed E-state index contributed by atoms with van der Waals surface area (Å²) in [6.07, 6.45) is 1.72. The Morgan fingerprint density at radius 2 is 2.23 bits per heavy atom. The lowest BCUT2D eigenvalue weighted by molar-refractivity contribution is 1.09. The van der Waals surface area contributed by atoms with Crippen LogP contribution in [0.25, 0.3) is 0 Å². The number of nitrogens with one attached hydrogen (secondary N) is 2. The van der Waals surface area contributed by atoms with Crippen molar-refractivity contribution in [1.29, 1.82) is 0 Å². The molecular weight excluding hydrogens is 162 g/mol. The first-order chi connectivity index (χ1) is 6.34. The van der Waals surface area contributed by atoms with Gasteiger partial charge in [-0.25, -0.2) is 0 Å². The average Bonchev–Trinajstić information content (AvgIpc) is 2.57. The van der Waals surface area contributed by atoms with Gasteiger partial charge in [0.15, 0.2) is 0 Å². The maximum absolute atomic E-state index is 3.85. The molecule has 2 rings (SSSR count). The van der Waals surface area contributed by atoms with Gasteiger partial charge in [0, 0.05) is 11.8 Å². The summed E-state index contributed by atoms with van der Waals surface area (Å²) in [7, 11) is 0. The molecule has 0 saturated heterocycles. The molecule has 0 atom stereocenters. The summed E-state index contributed by atoms with van der Waals surface area (Å²) >= 11 is 0. The van der Waals surface area contributed by atoms with Gasteiger partial charge in [-0.3, -0.25) is 5.10 Å². The quantitative estimate of drug-likeness (QED) is 0.732. The van der Waals surface area contributed by atoms with E-state index in [1.807, 2.05) is 18.2 Å². The van der Waals surface area contributed by atoms with E-state index in [4.69, 9.17) is 0 Å². The second-order valence-corrected chi connectivity index (χ2v) is 2.96. The Hall–Kier alpha value is -1.77. The van der Waals surface area contributed by atoms with Crippen molar-refractivity contribution in [1.82, 2.24) is 10.2 Å². The van der Waals surface area contributed by atoms with Gasteiger partial charge in [0.25, 0.3) is 0 Å². The minimum atomic E-state index is 0.908. The lowest BCUT2D eigenvalue weighted by Crippen LogP contribution is -1.90. The van der Waals surface area contributed by atoms with Crippen molar-refractivity contribution in [2.24, 2.45) is 0 Å². The van der Waals surface area contributed by atoms with Gasteiger partial charge in [-0.05, 0) is 24.6 Å². The van der Waals surface area contributed by atoms with E-state index < -0.39 is 0 Å². The molecule has 2 N–H and O–H groups in total. The Kier molecular flexibility index (Phi) is 2.00. The number of H-pyrrole nitrogens is 1. The molecule has 1 aromatic carbocycles. The van der Waals surface area contributed by atoms with E-state index in [1.165, 1.54) is 5.56 Å². The van der Waals surface area contributed by atoms with Crippen LogP contribution in [0.3, 0.4) is 0 Å². The molecule has 3 heteroatoms. The summed E-state index contributed by atoms with van der Waals surface area (Å²) in [6, 6.07) is 10.1. The smallest absolute Gasteiger partial charge is 0.125 e. The SMILES string of the molecule is Cc1cccc(Nc2ccn[nH]2)c1. The van der Waals surface area contributed by atoms with Crippen LogP contribution in [-0.4, -0.2) is 10.2 Å². The molecule has 2 aromatic rings. The van der Waals surface area contributed by atoms with Crippen LogP contribution in [0.15, 0.2) is 36.5 Å². The van der Waals surface area contributed by atoms with Gasteiger partial charge in [-0.1, -0.05) is 12.1 Å². The first kappa shape index (κ1) is 7.86. The normalized spacial score (nSPS) is 9.92. The fourth-order valence-corrected chi connectivity index (χ4v) is 1.20. The molecular formula is C10H11N3. The van der Waals surface area contributed by atoms with E-state index in [1.54, 1.807) is 6.20 Å². The van der Waals surface area contributed by atoms with Gasteiger partial charge < -0.3 is 5.32 Å². The third-order valence-electron chi connectivity index (χ3n) is 1.80. The first-order valence-corrected chi connectivity index (χ1v) is 4.18. The van der Waals surface area contributed by atoms with Crippen molar-refractivity contribution in [3.8, 4) is 0 Å². The van der Waals surface area contributed by atoms with Crippen molar-refractivity contribution in [3.05, 3.63) is 42.1 Å². The fourth-order valence-electron chi connectivity index (χ4n) is 1.20. The maximum Gasteiger partial charge on any atom is 0.125 e. The molecule has 0 bridgehead atoms. The monoisotopic (exact) mass is 173 g/mol. The molecule has 0 saturated carbocycles. The zero-order valence-corrected chi connectivity index (χ0v) is 7.41. The van der Waals surface area contributed by atoms with E-state index in [0.717, 1.165) is 11.5 Å². The van der Waals surface area contributed by atoms with Crippen LogP contribution >= 0.6 is 0 Å². The van der Waals surface area contributed by atoms with Gasteiger partial charge >= 0.3 is 0 Å². The molecule has 0 spiro atoms. The zero-order chi connectivity index (χ0) is 9.10. The van der Waals surface area contributed by atoms with Crippen LogP contribution in [-0.2, 0) is 0 Å². The molecule has 0 aliphatic heterocycles. The number of rotatable bonds is 2. The summed E-state index contributed by atoms with van der Waals surface area (Å²) in [6.45, 7) is 2.07. The molecule has 0 aliphatic rings. The van der Waals surface area contributed by atoms with Crippen molar-refractivity contribution >= 4 is 11.5 Å². The van der Waals surface area contributed by atoms with Crippen LogP contribution < -0.4 is 5.32 Å². The summed E-state index contributed by atoms with van der Waals surface area (Å²) in [4.78, 5) is 0. The highest BCUT2D eigenvalue weighted by Gasteiger charge is 1.94. The van der Waals surface area contributed by atoms with E-state index in [-0.39, 0.29) is 0 Å². The summed E-state index contributed by atoms with van der Waals surface area (Å²) in [5.41, 5.74) is 2.31. The average molecular weight is 173 g/mol. The van der Waals surface area contributed by atoms with Gasteiger partial charge in [-0.2, -0.15) is 5.10 Å². The van der Waals surface area contributed by atoms with Crippen molar-refractivity contribution in [2.45, 2.75) is 6.92 Å². The second-order valence-electron chi connectivity index (χ2n) is 2.96. The molecule has 3 nitrogen and oxygen atoms in total. The highest BCUT2D eigenvalue weighted by molar-refractivity contribution is 5.56. The van der Waals surface area contributed by atoms with E-state index in [2.05, 4.69) is 34.6 Å². The van der Waals surface area contributed by atoms with E-state index in [0.29, 0.717) is 0 Å². The highest BCUT2D eigenvalue weighted by Crippen LogP contribution is 2.14. The molecule has 66 valence electrons. The number of aromatic nitrogens is 2. The van der Waals surface area contributed by atoms with Gasteiger partial charge in [-0.15, -0.1) is 0 Å². The standard InChI is InChI=1S/C10H11N3/c1-8-3-2-4-9(7-8)12-10-5-6-11-13-10/h2-7H,1H3,(H2,11,12,13). The minimum absolute atomic E-state index is 0.908. The number of hydrogen-bond donors (Lipinski definition) is 2. The van der Waals surface area contributed by atoms with Crippen LogP contribution in [0.5, 0.6) is 0 Å². The van der Waals surface area contributed by atoms with Crippen LogP contribution in [0.4, 0.5) is 11.5 Å². The lowest BCUT2D eigenvalue weighted by Gasteiger charge is -2.03. The van der Waals surface area contributed by atoms with Crippen molar-refractivity contribution < 1.29 is 0 Å². The summed E-state index contributed by atoms with van der Waals surface area (Å²) < 4.78 is 0. The predicted octanol–water partition coefficient (Wildman–Crippen LogP) is 2.46. The second kappa shape index (κ2) is 3.31. The number of hydrogen-bond acceptors (Lipinski definition) is 2. The molecule has 0 aliphatic carbocycles. The number of nitrogens with zero attached hydrogens (tertiary/aromatic N) is 1. The molecule has 0 radical (unpaired) electrons. The Morgan fingerprint density at radius 1 is 1.31 bits per heavy atom. The Bertz CT molecular complexity index is 379. The Balaban J connectivity index is 2.19. The van der Waals surface area contributed by atoms with Crippen LogP contribution in [0.1, 0.15) is 5.56 Å². The molecule has 0 fully saturated rings. The van der Waals surface area contributed by atoms with E-state index >= 15 is 0 Å². The molecule has 0 amide bonds. The third kappa shape index (κ3) is 1.87. The Labute approximate surface area is 76.8 Å². The first-order valence-electron chi connectivity index (χ1n) is 4.18. The number of anilines is 2. The minimum Gasteiger partial charge on any atom is -0.341 e. The van der Waals surface area contributed by atoms with Gasteiger partial charge in [0.1, 0.15) is 5.82 Å². The Morgan fingerprint density at radius 3 is 2.92 bits per heavy atom. The van der Waals surface area contributed by atoms with Gasteiger partial charge in [0.2, 0.25) is 0 Å². The number of aryl methyl sites for hydroxylation is 1. The number of benzene rings is 1. The molecule has 13 heavy (non-hydrogen) atoms. The van der Waals surface area contributed by atoms with Crippen molar-refractivity contribution in [3.63, 3.8) is 0 Å². The third-order valence-corrected chi connectivity index (χ3v) is 1.80. The maximum atomic E-state index is 3.85. The van der Waals surface area contributed by atoms with Gasteiger partial charge in [0.05, 0.1) is 6.20 Å². The number of aromatic amines is 1. The van der Waals surface area contributed by atoms with Crippen molar-refractivity contribution in [2.75, 3.05) is 5.32 Å². The molecule has 1 heterocycles. The lowest BCUT2D eigenvalue weighted by atomic mass is 10.2.